The van der Waals surface area contributed by atoms with Gasteiger partial charge in [-0.05, 0) is 48.5 Å². The Kier molecular flexibility index (Phi) is 5.98. The Morgan fingerprint density at radius 1 is 0.870 bits per heavy atom. The number of phenols is 1. The Morgan fingerprint density at radius 3 is 1.91 bits per heavy atom. The highest BCUT2D eigenvalue weighted by molar-refractivity contribution is 5.50. The fourth-order valence-corrected chi connectivity index (χ4v) is 1.82. The fourth-order valence-electron chi connectivity index (χ4n) is 1.82. The van der Waals surface area contributed by atoms with Gasteiger partial charge in [-0.15, -0.1) is 0 Å². The molecular formula is C18H18FNO3. The van der Waals surface area contributed by atoms with E-state index in [9.17, 15) is 14.6 Å². The molecule has 120 valence electrons. The summed E-state index contributed by atoms with van der Waals surface area (Å²) >= 11 is 0. The third-order valence-electron chi connectivity index (χ3n) is 3.22. The third-order valence-corrected chi connectivity index (χ3v) is 3.22. The standard InChI is InChI=1S/C18H18FNO3/c19-11-17(22)18(23)12-20-15-7-3-13(4-8-15)1-2-14-5-9-16(21)10-6-14/h3-10,17-18,20-23H,11-12H2. The van der Waals surface area contributed by atoms with Crippen LogP contribution in [0.1, 0.15) is 11.1 Å². The molecule has 2 rings (SSSR count). The lowest BCUT2D eigenvalue weighted by molar-refractivity contribution is 0.0130. The van der Waals surface area contributed by atoms with E-state index < -0.39 is 18.9 Å². The number of hydrogen-bond donors (Lipinski definition) is 4. The number of rotatable bonds is 5. The van der Waals surface area contributed by atoms with Gasteiger partial charge in [-0.1, -0.05) is 11.8 Å². The van der Waals surface area contributed by atoms with Crippen LogP contribution >= 0.6 is 0 Å². The minimum atomic E-state index is -1.38. The van der Waals surface area contributed by atoms with Crippen molar-refractivity contribution in [1.29, 1.82) is 0 Å². The van der Waals surface area contributed by atoms with Gasteiger partial charge in [0.1, 0.15) is 18.5 Å². The molecule has 4 nitrogen and oxygen atoms in total. The van der Waals surface area contributed by atoms with Crippen LogP contribution in [-0.4, -0.2) is 40.7 Å². The molecule has 2 atom stereocenters. The molecule has 0 saturated heterocycles. The quantitative estimate of drug-likeness (QED) is 0.636. The monoisotopic (exact) mass is 315 g/mol. The molecule has 0 saturated carbocycles. The summed E-state index contributed by atoms with van der Waals surface area (Å²) in [6.45, 7) is -0.918. The Labute approximate surface area is 134 Å². The molecule has 4 N–H and O–H groups in total. The summed E-state index contributed by atoms with van der Waals surface area (Å²) in [4.78, 5) is 0. The normalized spacial score (nSPS) is 12.8. The summed E-state index contributed by atoms with van der Waals surface area (Å²) in [6.07, 6.45) is -2.54. The van der Waals surface area contributed by atoms with E-state index in [1.54, 1.807) is 36.4 Å². The number of halogens is 1. The molecule has 0 radical (unpaired) electrons. The highest BCUT2D eigenvalue weighted by Gasteiger charge is 2.15. The Hall–Kier alpha value is -2.55. The maximum absolute atomic E-state index is 12.2. The average Bonchev–Trinajstić information content (AvgIpc) is 2.59. The SMILES string of the molecule is Oc1ccc(C#Cc2ccc(NCC(O)C(O)CF)cc2)cc1. The topological polar surface area (TPSA) is 72.7 Å². The van der Waals surface area contributed by atoms with E-state index in [2.05, 4.69) is 17.2 Å². The van der Waals surface area contributed by atoms with Gasteiger partial charge >= 0.3 is 0 Å². The molecule has 2 aromatic rings. The van der Waals surface area contributed by atoms with Crippen LogP contribution in [0.4, 0.5) is 10.1 Å². The van der Waals surface area contributed by atoms with E-state index in [0.29, 0.717) is 0 Å². The van der Waals surface area contributed by atoms with Crippen LogP contribution in [0, 0.1) is 11.8 Å². The number of hydrogen-bond acceptors (Lipinski definition) is 4. The first kappa shape index (κ1) is 16.8. The van der Waals surface area contributed by atoms with Gasteiger partial charge in [0.25, 0.3) is 0 Å². The van der Waals surface area contributed by atoms with Crippen molar-refractivity contribution in [2.75, 3.05) is 18.5 Å². The highest BCUT2D eigenvalue weighted by Crippen LogP contribution is 2.11. The number of aromatic hydroxyl groups is 1. The van der Waals surface area contributed by atoms with Crippen molar-refractivity contribution >= 4 is 5.69 Å². The summed E-state index contributed by atoms with van der Waals surface area (Å²) < 4.78 is 12.2. The van der Waals surface area contributed by atoms with Gasteiger partial charge in [-0.25, -0.2) is 4.39 Å². The molecule has 0 amide bonds. The number of phenolic OH excluding ortho intramolecular Hbond substituents is 1. The average molecular weight is 315 g/mol. The molecule has 0 heterocycles. The molecule has 23 heavy (non-hydrogen) atoms. The highest BCUT2D eigenvalue weighted by atomic mass is 19.1. The van der Waals surface area contributed by atoms with Gasteiger partial charge in [-0.3, -0.25) is 0 Å². The number of aliphatic hydroxyl groups is 2. The molecular weight excluding hydrogens is 297 g/mol. The lowest BCUT2D eigenvalue weighted by Gasteiger charge is -2.16. The molecule has 0 spiro atoms. The van der Waals surface area contributed by atoms with Crippen molar-refractivity contribution < 1.29 is 19.7 Å². The largest absolute Gasteiger partial charge is 0.508 e. The van der Waals surface area contributed by atoms with Gasteiger partial charge in [0.15, 0.2) is 0 Å². The number of benzene rings is 2. The summed E-state index contributed by atoms with van der Waals surface area (Å²) in [5.41, 5.74) is 2.35. The molecule has 5 heteroatoms. The van der Waals surface area contributed by atoms with Gasteiger partial charge in [0.2, 0.25) is 0 Å². The maximum Gasteiger partial charge on any atom is 0.118 e. The van der Waals surface area contributed by atoms with Crippen LogP contribution < -0.4 is 5.32 Å². The first-order valence-electron chi connectivity index (χ1n) is 7.15. The van der Waals surface area contributed by atoms with Gasteiger partial charge in [0.05, 0.1) is 6.10 Å². The van der Waals surface area contributed by atoms with E-state index in [1.165, 1.54) is 0 Å². The van der Waals surface area contributed by atoms with Gasteiger partial charge in [0, 0.05) is 23.4 Å². The first-order chi connectivity index (χ1) is 11.1. The van der Waals surface area contributed by atoms with Crippen LogP contribution in [-0.2, 0) is 0 Å². The van der Waals surface area contributed by atoms with Gasteiger partial charge in [-0.2, -0.15) is 0 Å². The van der Waals surface area contributed by atoms with E-state index in [1.807, 2.05) is 12.1 Å². The van der Waals surface area contributed by atoms with Crippen molar-refractivity contribution in [3.05, 3.63) is 59.7 Å². The van der Waals surface area contributed by atoms with Crippen LogP contribution in [0.5, 0.6) is 5.75 Å². The molecule has 0 aliphatic rings. The lowest BCUT2D eigenvalue weighted by atomic mass is 10.1. The van der Waals surface area contributed by atoms with Crippen LogP contribution in [0.2, 0.25) is 0 Å². The van der Waals surface area contributed by atoms with Crippen molar-refractivity contribution in [2.24, 2.45) is 0 Å². The zero-order chi connectivity index (χ0) is 16.7. The van der Waals surface area contributed by atoms with Gasteiger partial charge < -0.3 is 20.6 Å². The minimum absolute atomic E-state index is 0.0591. The third kappa shape index (κ3) is 5.29. The number of aliphatic hydroxyl groups excluding tert-OH is 2. The first-order valence-corrected chi connectivity index (χ1v) is 7.15. The Balaban J connectivity index is 1.93. The summed E-state index contributed by atoms with van der Waals surface area (Å²) in [7, 11) is 0. The van der Waals surface area contributed by atoms with Crippen molar-refractivity contribution in [3.63, 3.8) is 0 Å². The van der Waals surface area contributed by atoms with Crippen molar-refractivity contribution in [1.82, 2.24) is 0 Å². The second-order valence-corrected chi connectivity index (χ2v) is 5.04. The lowest BCUT2D eigenvalue weighted by Crippen LogP contribution is -2.34. The van der Waals surface area contributed by atoms with Crippen molar-refractivity contribution in [2.45, 2.75) is 12.2 Å². The second kappa shape index (κ2) is 8.18. The van der Waals surface area contributed by atoms with Crippen molar-refractivity contribution in [3.8, 4) is 17.6 Å². The molecule has 2 aromatic carbocycles. The zero-order valence-corrected chi connectivity index (χ0v) is 12.4. The molecule has 2 unspecified atom stereocenters. The van der Waals surface area contributed by atoms with E-state index >= 15 is 0 Å². The molecule has 0 bridgehead atoms. The number of alkyl halides is 1. The predicted octanol–water partition coefficient (Wildman–Crippen LogP) is 1.90. The number of anilines is 1. The molecule has 0 aliphatic carbocycles. The van der Waals surface area contributed by atoms with Crippen LogP contribution in [0.15, 0.2) is 48.5 Å². The van der Waals surface area contributed by atoms with Crippen LogP contribution in [0.3, 0.4) is 0 Å². The summed E-state index contributed by atoms with van der Waals surface area (Å²) in [5, 5.41) is 30.7. The second-order valence-electron chi connectivity index (χ2n) is 5.04. The Bertz CT molecular complexity index is 674. The zero-order valence-electron chi connectivity index (χ0n) is 12.4. The smallest absolute Gasteiger partial charge is 0.118 e. The summed E-state index contributed by atoms with van der Waals surface area (Å²) in [5.74, 6) is 6.19. The molecule has 0 fully saturated rings. The summed E-state index contributed by atoms with van der Waals surface area (Å²) in [6, 6.07) is 13.8. The Morgan fingerprint density at radius 2 is 1.39 bits per heavy atom. The van der Waals surface area contributed by atoms with E-state index in [-0.39, 0.29) is 12.3 Å². The predicted molar refractivity (Wildman–Crippen MR) is 87.0 cm³/mol. The fraction of sp³-hybridized carbons (Fsp3) is 0.222. The van der Waals surface area contributed by atoms with E-state index in [0.717, 1.165) is 16.8 Å². The van der Waals surface area contributed by atoms with Crippen LogP contribution in [0.25, 0.3) is 0 Å². The number of nitrogens with one attached hydrogen (secondary N) is 1. The maximum atomic E-state index is 12.2. The minimum Gasteiger partial charge on any atom is -0.508 e. The van der Waals surface area contributed by atoms with E-state index in [4.69, 9.17) is 5.11 Å². The molecule has 0 aliphatic heterocycles. The molecule has 0 aromatic heterocycles.